The van der Waals surface area contributed by atoms with Crippen molar-refractivity contribution in [2.45, 2.75) is 25.2 Å². The minimum Gasteiger partial charge on any atom is -0.445 e. The topological polar surface area (TPSA) is 72.5 Å². The molecule has 10 heteroatoms. The lowest BCUT2D eigenvalue weighted by Crippen LogP contribution is -2.42. The van der Waals surface area contributed by atoms with Crippen molar-refractivity contribution in [3.8, 4) is 0 Å². The molecule has 5 nitrogen and oxygen atoms in total. The second-order valence-corrected chi connectivity index (χ2v) is 7.25. The fraction of sp³-hybridized carbons (Fsp3) is 0.417. The Morgan fingerprint density at radius 1 is 1.27 bits per heavy atom. The number of halogens is 4. The van der Waals surface area contributed by atoms with Gasteiger partial charge >= 0.3 is 12.3 Å². The van der Waals surface area contributed by atoms with E-state index in [0.717, 1.165) is 0 Å². The van der Waals surface area contributed by atoms with Crippen LogP contribution in [-0.4, -0.2) is 32.5 Å². The highest BCUT2D eigenvalue weighted by Crippen LogP contribution is 2.22. The summed E-state index contributed by atoms with van der Waals surface area (Å²) in [6.45, 7) is -0.154. The Morgan fingerprint density at radius 3 is 2.36 bits per heavy atom. The Hall–Kier alpha value is -1.48. The smallest absolute Gasteiger partial charge is 0.407 e. The third-order valence-corrected chi connectivity index (χ3v) is 3.59. The van der Waals surface area contributed by atoms with Gasteiger partial charge in [-0.05, 0) is 5.56 Å². The van der Waals surface area contributed by atoms with E-state index in [4.69, 9.17) is 15.4 Å². The minimum absolute atomic E-state index is 0.154. The second kappa shape index (κ2) is 7.68. The number of amides is 1. The molecule has 0 aliphatic carbocycles. The SMILES string of the molecule is O=C(NC(CC(F)(F)F)CS(=O)(=O)Cl)OCc1ccccc1. The van der Waals surface area contributed by atoms with Crippen LogP contribution < -0.4 is 5.32 Å². The number of hydrogen-bond donors (Lipinski definition) is 1. The molecule has 0 aromatic heterocycles. The number of carbonyl (C=O) groups excluding carboxylic acids is 1. The molecule has 0 radical (unpaired) electrons. The number of alkyl halides is 3. The lowest BCUT2D eigenvalue weighted by atomic mass is 10.2. The molecule has 1 aromatic carbocycles. The summed E-state index contributed by atoms with van der Waals surface area (Å²) in [6, 6.07) is 6.74. The molecule has 1 rings (SSSR count). The maximum atomic E-state index is 12.4. The Labute approximate surface area is 129 Å². The van der Waals surface area contributed by atoms with E-state index >= 15 is 0 Å². The zero-order chi connectivity index (χ0) is 16.8. The van der Waals surface area contributed by atoms with Crippen molar-refractivity contribution in [1.29, 1.82) is 0 Å². The van der Waals surface area contributed by atoms with E-state index in [9.17, 15) is 26.4 Å². The summed E-state index contributed by atoms with van der Waals surface area (Å²) in [7, 11) is 0.719. The Balaban J connectivity index is 2.58. The number of ether oxygens (including phenoxy) is 1. The van der Waals surface area contributed by atoms with Crippen LogP contribution in [0.1, 0.15) is 12.0 Å². The monoisotopic (exact) mass is 359 g/mol. The van der Waals surface area contributed by atoms with E-state index in [2.05, 4.69) is 0 Å². The van der Waals surface area contributed by atoms with E-state index in [-0.39, 0.29) is 6.61 Å². The van der Waals surface area contributed by atoms with Crippen LogP contribution in [-0.2, 0) is 20.4 Å². The zero-order valence-electron chi connectivity index (χ0n) is 11.1. The average Bonchev–Trinajstić information content (AvgIpc) is 2.33. The van der Waals surface area contributed by atoms with Gasteiger partial charge in [-0.25, -0.2) is 13.2 Å². The van der Waals surface area contributed by atoms with Gasteiger partial charge in [0, 0.05) is 10.7 Å². The second-order valence-electron chi connectivity index (χ2n) is 4.43. The Kier molecular flexibility index (Phi) is 6.48. The highest BCUT2D eigenvalue weighted by atomic mass is 35.7. The van der Waals surface area contributed by atoms with Crippen LogP contribution in [0, 0.1) is 0 Å². The first-order valence-electron chi connectivity index (χ1n) is 6.01. The largest absolute Gasteiger partial charge is 0.445 e. The van der Waals surface area contributed by atoms with Crippen LogP contribution in [0.4, 0.5) is 18.0 Å². The number of benzene rings is 1. The number of carbonyl (C=O) groups is 1. The van der Waals surface area contributed by atoms with E-state index in [1.165, 1.54) is 0 Å². The van der Waals surface area contributed by atoms with E-state index in [1.807, 2.05) is 5.32 Å². The molecular weight excluding hydrogens is 347 g/mol. The fourth-order valence-corrected chi connectivity index (χ4v) is 2.74. The van der Waals surface area contributed by atoms with Crippen molar-refractivity contribution >= 4 is 25.8 Å². The van der Waals surface area contributed by atoms with Crippen molar-refractivity contribution in [3.63, 3.8) is 0 Å². The number of nitrogens with one attached hydrogen (secondary N) is 1. The quantitative estimate of drug-likeness (QED) is 0.793. The van der Waals surface area contributed by atoms with Crippen molar-refractivity contribution in [1.82, 2.24) is 5.32 Å². The third-order valence-electron chi connectivity index (χ3n) is 2.41. The van der Waals surface area contributed by atoms with Gasteiger partial charge in [-0.3, -0.25) is 0 Å². The van der Waals surface area contributed by atoms with Crippen molar-refractivity contribution < 1.29 is 31.1 Å². The van der Waals surface area contributed by atoms with Crippen LogP contribution in [0.15, 0.2) is 30.3 Å². The highest BCUT2D eigenvalue weighted by molar-refractivity contribution is 8.13. The lowest BCUT2D eigenvalue weighted by molar-refractivity contribution is -0.138. The van der Waals surface area contributed by atoms with E-state index in [1.54, 1.807) is 30.3 Å². The molecule has 0 bridgehead atoms. The third kappa shape index (κ3) is 8.73. The molecule has 1 unspecified atom stereocenters. The first kappa shape index (κ1) is 18.6. The minimum atomic E-state index is -4.65. The maximum absolute atomic E-state index is 12.4. The Bertz CT molecular complexity index is 592. The van der Waals surface area contributed by atoms with Crippen molar-refractivity contribution in [3.05, 3.63) is 35.9 Å². The van der Waals surface area contributed by atoms with Gasteiger partial charge in [0.1, 0.15) is 6.61 Å². The number of rotatable bonds is 6. The first-order valence-corrected chi connectivity index (χ1v) is 8.49. The standard InChI is InChI=1S/C12H13ClF3NO4S/c13-22(19,20)8-10(6-12(14,15)16)17-11(18)21-7-9-4-2-1-3-5-9/h1-5,10H,6-8H2,(H,17,18). The maximum Gasteiger partial charge on any atom is 0.407 e. The summed E-state index contributed by atoms with van der Waals surface area (Å²) < 4.78 is 63.6. The summed E-state index contributed by atoms with van der Waals surface area (Å²) in [5.41, 5.74) is 0.634. The summed E-state index contributed by atoms with van der Waals surface area (Å²) in [4.78, 5) is 11.5. The van der Waals surface area contributed by atoms with Gasteiger partial charge in [0.15, 0.2) is 0 Å². The molecule has 0 saturated carbocycles. The van der Waals surface area contributed by atoms with Gasteiger partial charge < -0.3 is 10.1 Å². The summed E-state index contributed by atoms with van der Waals surface area (Å²) in [6.07, 6.45) is -7.34. The highest BCUT2D eigenvalue weighted by Gasteiger charge is 2.34. The number of hydrogen-bond acceptors (Lipinski definition) is 4. The number of alkyl carbamates (subject to hydrolysis) is 1. The molecule has 124 valence electrons. The van der Waals surface area contributed by atoms with Gasteiger partial charge in [-0.15, -0.1) is 0 Å². The molecule has 0 spiro atoms. The molecule has 1 amide bonds. The van der Waals surface area contributed by atoms with Gasteiger partial charge in [0.2, 0.25) is 9.05 Å². The van der Waals surface area contributed by atoms with Crippen LogP contribution in [0.5, 0.6) is 0 Å². The van der Waals surface area contributed by atoms with Crippen LogP contribution in [0.2, 0.25) is 0 Å². The molecule has 0 aliphatic rings. The van der Waals surface area contributed by atoms with E-state index < -0.39 is 39.5 Å². The average molecular weight is 360 g/mol. The van der Waals surface area contributed by atoms with Crippen molar-refractivity contribution in [2.75, 3.05) is 5.75 Å². The normalized spacial score (nSPS) is 13.5. The zero-order valence-corrected chi connectivity index (χ0v) is 12.7. The summed E-state index contributed by atoms with van der Waals surface area (Å²) in [5.74, 6) is -1.05. The summed E-state index contributed by atoms with van der Waals surface area (Å²) in [5, 5.41) is 1.86. The molecule has 0 saturated heterocycles. The van der Waals surface area contributed by atoms with Gasteiger partial charge in [-0.1, -0.05) is 30.3 Å². The predicted molar refractivity (Wildman–Crippen MR) is 73.9 cm³/mol. The van der Waals surface area contributed by atoms with Gasteiger partial charge in [-0.2, -0.15) is 13.2 Å². The molecular formula is C12H13ClF3NO4S. The molecule has 22 heavy (non-hydrogen) atoms. The molecule has 0 fully saturated rings. The molecule has 1 atom stereocenters. The first-order chi connectivity index (χ1) is 10.1. The summed E-state index contributed by atoms with van der Waals surface area (Å²) >= 11 is 0. The molecule has 1 aromatic rings. The fourth-order valence-electron chi connectivity index (χ4n) is 1.60. The molecule has 0 aliphatic heterocycles. The molecule has 1 N–H and O–H groups in total. The van der Waals surface area contributed by atoms with Crippen molar-refractivity contribution in [2.24, 2.45) is 0 Å². The van der Waals surface area contributed by atoms with Gasteiger partial charge in [0.25, 0.3) is 0 Å². The molecule has 0 heterocycles. The predicted octanol–water partition coefficient (Wildman–Crippen LogP) is 2.80. The van der Waals surface area contributed by atoms with Gasteiger partial charge in [0.05, 0.1) is 18.2 Å². The Morgan fingerprint density at radius 2 is 1.86 bits per heavy atom. The van der Waals surface area contributed by atoms with Crippen LogP contribution in [0.25, 0.3) is 0 Å². The van der Waals surface area contributed by atoms with E-state index in [0.29, 0.717) is 5.56 Å². The van der Waals surface area contributed by atoms with Crippen LogP contribution >= 0.6 is 10.7 Å². The van der Waals surface area contributed by atoms with Crippen LogP contribution in [0.3, 0.4) is 0 Å². The lowest BCUT2D eigenvalue weighted by Gasteiger charge is -2.18.